The summed E-state index contributed by atoms with van der Waals surface area (Å²) in [7, 11) is 0. The highest BCUT2D eigenvalue weighted by atomic mass is 79.9. The van der Waals surface area contributed by atoms with Crippen LogP contribution in [0.5, 0.6) is 0 Å². The Kier molecular flexibility index (Phi) is 4.23. The molecule has 0 saturated heterocycles. The van der Waals surface area contributed by atoms with Crippen molar-refractivity contribution in [3.8, 4) is 0 Å². The van der Waals surface area contributed by atoms with Crippen molar-refractivity contribution in [1.82, 2.24) is 4.98 Å². The average Bonchev–Trinajstić information content (AvgIpc) is 2.81. The van der Waals surface area contributed by atoms with Crippen molar-refractivity contribution >= 4 is 37.5 Å². The second kappa shape index (κ2) is 5.92. The van der Waals surface area contributed by atoms with Gasteiger partial charge in [0.05, 0.1) is 15.2 Å². The normalized spacial score (nSPS) is 25.6. The Bertz CT molecular complexity index is 509. The Morgan fingerprint density at radius 3 is 2.74 bits per heavy atom. The van der Waals surface area contributed by atoms with E-state index in [1.807, 2.05) is 11.3 Å². The zero-order valence-electron chi connectivity index (χ0n) is 11.3. The predicted molar refractivity (Wildman–Crippen MR) is 87.2 cm³/mol. The van der Waals surface area contributed by atoms with Crippen LogP contribution in [0.3, 0.4) is 0 Å². The maximum absolute atomic E-state index is 4.75. The van der Waals surface area contributed by atoms with E-state index in [1.165, 1.54) is 35.4 Å². The van der Waals surface area contributed by atoms with Crippen LogP contribution in [0.2, 0.25) is 0 Å². The summed E-state index contributed by atoms with van der Waals surface area (Å²) in [4.78, 5) is 5.35. The van der Waals surface area contributed by atoms with E-state index in [1.54, 1.807) is 0 Å². The summed E-state index contributed by atoms with van der Waals surface area (Å²) in [6.07, 6.45) is 6.63. The number of thiazole rings is 1. The van der Waals surface area contributed by atoms with E-state index in [0.29, 0.717) is 4.83 Å². The molecule has 1 saturated carbocycles. The molecule has 3 heteroatoms. The number of halogens is 1. The molecule has 1 heterocycles. The van der Waals surface area contributed by atoms with Crippen LogP contribution in [0.15, 0.2) is 24.3 Å². The van der Waals surface area contributed by atoms with Crippen LogP contribution < -0.4 is 0 Å². The fourth-order valence-electron chi connectivity index (χ4n) is 2.99. The van der Waals surface area contributed by atoms with Crippen LogP contribution in [0, 0.1) is 11.8 Å². The van der Waals surface area contributed by atoms with E-state index >= 15 is 0 Å². The molecule has 102 valence electrons. The number of aromatic nitrogens is 1. The van der Waals surface area contributed by atoms with Crippen LogP contribution in [0.25, 0.3) is 10.2 Å². The number of fused-ring (bicyclic) bond motifs is 1. The molecule has 0 radical (unpaired) electrons. The zero-order chi connectivity index (χ0) is 13.2. The first-order valence-electron chi connectivity index (χ1n) is 7.21. The minimum atomic E-state index is 0.598. The highest BCUT2D eigenvalue weighted by Crippen LogP contribution is 2.35. The van der Waals surface area contributed by atoms with Gasteiger partial charge in [0.15, 0.2) is 0 Å². The van der Waals surface area contributed by atoms with Crippen molar-refractivity contribution in [3.05, 3.63) is 29.3 Å². The molecular formula is C16H20BrNS. The molecular weight excluding hydrogens is 318 g/mol. The highest BCUT2D eigenvalue weighted by molar-refractivity contribution is 9.09. The van der Waals surface area contributed by atoms with Crippen LogP contribution in [0.4, 0.5) is 0 Å². The molecule has 1 aromatic carbocycles. The topological polar surface area (TPSA) is 12.9 Å². The molecule has 1 aromatic heterocycles. The van der Waals surface area contributed by atoms with Crippen LogP contribution >= 0.6 is 27.3 Å². The molecule has 0 spiro atoms. The third-order valence-electron chi connectivity index (χ3n) is 4.28. The average molecular weight is 338 g/mol. The van der Waals surface area contributed by atoms with Gasteiger partial charge in [-0.2, -0.15) is 0 Å². The summed E-state index contributed by atoms with van der Waals surface area (Å²) >= 11 is 5.77. The Hall–Kier alpha value is -0.410. The van der Waals surface area contributed by atoms with E-state index in [4.69, 9.17) is 4.98 Å². The summed E-state index contributed by atoms with van der Waals surface area (Å²) in [5, 5.41) is 1.28. The molecule has 2 aromatic rings. The highest BCUT2D eigenvalue weighted by Gasteiger charge is 2.25. The van der Waals surface area contributed by atoms with E-state index in [2.05, 4.69) is 47.1 Å². The van der Waals surface area contributed by atoms with Gasteiger partial charge in [-0.05, 0) is 36.8 Å². The summed E-state index contributed by atoms with van der Waals surface area (Å²) in [6, 6.07) is 8.45. The number of hydrogen-bond donors (Lipinski definition) is 0. The molecule has 0 aliphatic heterocycles. The van der Waals surface area contributed by atoms with Gasteiger partial charge in [0.2, 0.25) is 0 Å². The molecule has 1 aliphatic carbocycles. The first-order valence-corrected chi connectivity index (χ1v) is 8.94. The number of alkyl halides is 1. The predicted octanol–water partition coefficient (Wildman–Crippen LogP) is 5.43. The molecule has 1 nitrogen and oxygen atoms in total. The van der Waals surface area contributed by atoms with Gasteiger partial charge in [0, 0.05) is 11.2 Å². The third kappa shape index (κ3) is 3.19. The number of para-hydroxylation sites is 1. The monoisotopic (exact) mass is 337 g/mol. The SMILES string of the molecule is CC1CCC(C(Br)Cc2nc3ccccc3s2)CC1. The van der Waals surface area contributed by atoms with Gasteiger partial charge in [-0.25, -0.2) is 4.98 Å². The summed E-state index contributed by atoms with van der Waals surface area (Å²) in [6.45, 7) is 2.38. The number of nitrogens with zero attached hydrogens (tertiary/aromatic N) is 1. The molecule has 0 bridgehead atoms. The van der Waals surface area contributed by atoms with Gasteiger partial charge in [-0.3, -0.25) is 0 Å². The summed E-state index contributed by atoms with van der Waals surface area (Å²) < 4.78 is 1.31. The molecule has 1 aliphatic rings. The lowest BCUT2D eigenvalue weighted by atomic mass is 9.81. The second-order valence-electron chi connectivity index (χ2n) is 5.82. The minimum absolute atomic E-state index is 0.598. The number of hydrogen-bond acceptors (Lipinski definition) is 2. The Balaban J connectivity index is 1.67. The molecule has 1 unspecified atom stereocenters. The van der Waals surface area contributed by atoms with Gasteiger partial charge in [0.1, 0.15) is 0 Å². The van der Waals surface area contributed by atoms with Gasteiger partial charge in [0.25, 0.3) is 0 Å². The zero-order valence-corrected chi connectivity index (χ0v) is 13.7. The van der Waals surface area contributed by atoms with Crippen molar-refractivity contribution in [2.75, 3.05) is 0 Å². The fourth-order valence-corrected chi connectivity index (χ4v) is 5.06. The molecule has 0 amide bonds. The molecule has 0 N–H and O–H groups in total. The van der Waals surface area contributed by atoms with Crippen LogP contribution in [-0.2, 0) is 6.42 Å². The lowest BCUT2D eigenvalue weighted by Gasteiger charge is -2.29. The lowest BCUT2D eigenvalue weighted by molar-refractivity contribution is 0.285. The largest absolute Gasteiger partial charge is 0.241 e. The second-order valence-corrected chi connectivity index (χ2v) is 8.11. The van der Waals surface area contributed by atoms with E-state index < -0.39 is 0 Å². The van der Waals surface area contributed by atoms with Crippen LogP contribution in [-0.4, -0.2) is 9.81 Å². The van der Waals surface area contributed by atoms with E-state index in [-0.39, 0.29) is 0 Å². The molecule has 1 atom stereocenters. The Labute approximate surface area is 127 Å². The Morgan fingerprint density at radius 1 is 1.26 bits per heavy atom. The summed E-state index contributed by atoms with van der Waals surface area (Å²) in [5.41, 5.74) is 1.15. The maximum Gasteiger partial charge on any atom is 0.0949 e. The number of rotatable bonds is 3. The smallest absolute Gasteiger partial charge is 0.0949 e. The first kappa shape index (κ1) is 13.6. The first-order chi connectivity index (χ1) is 9.22. The quantitative estimate of drug-likeness (QED) is 0.680. The van der Waals surface area contributed by atoms with Crippen LogP contribution in [0.1, 0.15) is 37.6 Å². The summed E-state index contributed by atoms with van der Waals surface area (Å²) in [5.74, 6) is 1.77. The van der Waals surface area contributed by atoms with Crippen molar-refractivity contribution in [1.29, 1.82) is 0 Å². The maximum atomic E-state index is 4.75. The third-order valence-corrected chi connectivity index (χ3v) is 6.41. The minimum Gasteiger partial charge on any atom is -0.241 e. The molecule has 3 rings (SSSR count). The number of benzene rings is 1. The molecule has 1 fully saturated rings. The van der Waals surface area contributed by atoms with Crippen molar-refractivity contribution in [2.24, 2.45) is 11.8 Å². The van der Waals surface area contributed by atoms with E-state index in [0.717, 1.165) is 23.8 Å². The van der Waals surface area contributed by atoms with Crippen molar-refractivity contribution in [2.45, 2.75) is 43.9 Å². The van der Waals surface area contributed by atoms with Gasteiger partial charge in [-0.15, -0.1) is 11.3 Å². The molecule has 19 heavy (non-hydrogen) atoms. The van der Waals surface area contributed by atoms with Crippen molar-refractivity contribution in [3.63, 3.8) is 0 Å². The fraction of sp³-hybridized carbons (Fsp3) is 0.562. The van der Waals surface area contributed by atoms with E-state index in [9.17, 15) is 0 Å². The van der Waals surface area contributed by atoms with Gasteiger partial charge < -0.3 is 0 Å². The Morgan fingerprint density at radius 2 is 2.00 bits per heavy atom. The lowest BCUT2D eigenvalue weighted by Crippen LogP contribution is -2.22. The van der Waals surface area contributed by atoms with Crippen molar-refractivity contribution < 1.29 is 0 Å². The van der Waals surface area contributed by atoms with Gasteiger partial charge >= 0.3 is 0 Å². The van der Waals surface area contributed by atoms with Gasteiger partial charge in [-0.1, -0.05) is 47.8 Å². The standard InChI is InChI=1S/C16H20BrNS/c1-11-6-8-12(9-7-11)13(17)10-16-18-14-4-2-3-5-15(14)19-16/h2-5,11-13H,6-10H2,1H3.